The Morgan fingerprint density at radius 2 is 2.00 bits per heavy atom. The summed E-state index contributed by atoms with van der Waals surface area (Å²) in [5.41, 5.74) is 0.0425. The maximum absolute atomic E-state index is 12.7. The molecule has 0 heterocycles. The highest BCUT2D eigenvalue weighted by Gasteiger charge is 2.33. The number of carbonyl (C=O) groups excluding carboxylic acids is 1. The van der Waals surface area contributed by atoms with Crippen molar-refractivity contribution in [2.24, 2.45) is 0 Å². The molecule has 94 valence electrons. The molecule has 1 nitrogen and oxygen atoms in total. The fraction of sp³-hybridized carbons (Fsp3) is 0.417. The van der Waals surface area contributed by atoms with Gasteiger partial charge >= 0.3 is 6.18 Å². The Morgan fingerprint density at radius 3 is 2.47 bits per heavy atom. The molecule has 0 N–H and O–H groups in total. The molecule has 0 amide bonds. The third-order valence-electron chi connectivity index (χ3n) is 2.47. The molecule has 5 heteroatoms. The zero-order chi connectivity index (χ0) is 13.1. The van der Waals surface area contributed by atoms with E-state index in [1.807, 2.05) is 0 Å². The highest BCUT2D eigenvalue weighted by molar-refractivity contribution is 9.09. The second kappa shape index (κ2) is 5.67. The number of alkyl halides is 4. The second-order valence-electron chi connectivity index (χ2n) is 3.64. The number of hydrogen-bond acceptors (Lipinski definition) is 1. The Kier molecular flexibility index (Phi) is 4.74. The molecule has 0 spiro atoms. The van der Waals surface area contributed by atoms with Crippen molar-refractivity contribution in [1.82, 2.24) is 0 Å². The van der Waals surface area contributed by atoms with Gasteiger partial charge in [0.1, 0.15) is 5.78 Å². The van der Waals surface area contributed by atoms with Crippen LogP contribution in [-0.2, 0) is 23.8 Å². The molecular weight excluding hydrogens is 297 g/mol. The van der Waals surface area contributed by atoms with E-state index in [0.717, 1.165) is 6.07 Å². The van der Waals surface area contributed by atoms with Crippen LogP contribution in [0.4, 0.5) is 13.2 Å². The molecule has 1 aromatic carbocycles. The zero-order valence-corrected chi connectivity index (χ0v) is 10.9. The second-order valence-corrected chi connectivity index (χ2v) is 4.20. The van der Waals surface area contributed by atoms with Gasteiger partial charge in [0.15, 0.2) is 0 Å². The fourth-order valence-corrected chi connectivity index (χ4v) is 1.94. The van der Waals surface area contributed by atoms with Crippen molar-refractivity contribution in [2.45, 2.75) is 25.9 Å². The first-order valence-corrected chi connectivity index (χ1v) is 6.28. The zero-order valence-electron chi connectivity index (χ0n) is 9.27. The van der Waals surface area contributed by atoms with Crippen LogP contribution in [0, 0.1) is 0 Å². The first-order chi connectivity index (χ1) is 7.90. The Labute approximate surface area is 106 Å². The number of rotatable bonds is 4. The van der Waals surface area contributed by atoms with E-state index >= 15 is 0 Å². The van der Waals surface area contributed by atoms with Crippen LogP contribution in [0.5, 0.6) is 0 Å². The summed E-state index contributed by atoms with van der Waals surface area (Å²) in [6.45, 7) is 1.66. The summed E-state index contributed by atoms with van der Waals surface area (Å²) in [6.07, 6.45) is -4.06. The minimum atomic E-state index is -4.36. The van der Waals surface area contributed by atoms with Crippen molar-refractivity contribution in [3.8, 4) is 0 Å². The van der Waals surface area contributed by atoms with E-state index in [2.05, 4.69) is 15.9 Å². The average Bonchev–Trinajstić information content (AvgIpc) is 2.27. The monoisotopic (exact) mass is 308 g/mol. The number of Topliss-reactive ketones (excluding diaryl/α,β-unsaturated/α-hetero) is 1. The average molecular weight is 309 g/mol. The van der Waals surface area contributed by atoms with E-state index in [-0.39, 0.29) is 29.5 Å². The Bertz CT molecular complexity index is 413. The summed E-state index contributed by atoms with van der Waals surface area (Å²) in [6, 6.07) is 3.98. The topological polar surface area (TPSA) is 17.1 Å². The van der Waals surface area contributed by atoms with E-state index in [9.17, 15) is 18.0 Å². The van der Waals surface area contributed by atoms with Gasteiger partial charge in [0, 0.05) is 6.42 Å². The molecule has 1 rings (SSSR count). The van der Waals surface area contributed by atoms with Gasteiger partial charge in [-0.15, -0.1) is 0 Å². The molecule has 0 fully saturated rings. The molecule has 0 aromatic heterocycles. The van der Waals surface area contributed by atoms with Crippen LogP contribution in [-0.4, -0.2) is 11.1 Å². The van der Waals surface area contributed by atoms with Gasteiger partial charge in [0.2, 0.25) is 0 Å². The van der Waals surface area contributed by atoms with E-state index in [1.165, 1.54) is 6.07 Å². The van der Waals surface area contributed by atoms with Gasteiger partial charge in [-0.3, -0.25) is 4.79 Å². The van der Waals surface area contributed by atoms with Gasteiger partial charge in [-0.2, -0.15) is 13.2 Å². The van der Waals surface area contributed by atoms with Crippen molar-refractivity contribution < 1.29 is 18.0 Å². The van der Waals surface area contributed by atoms with Crippen LogP contribution < -0.4 is 0 Å². The molecule has 0 saturated heterocycles. The maximum Gasteiger partial charge on any atom is 0.416 e. The summed E-state index contributed by atoms with van der Waals surface area (Å²) < 4.78 is 38.2. The third-order valence-corrected chi connectivity index (χ3v) is 3.09. The lowest BCUT2D eigenvalue weighted by Gasteiger charge is -2.15. The molecule has 0 unspecified atom stereocenters. The van der Waals surface area contributed by atoms with Gasteiger partial charge in [-0.25, -0.2) is 0 Å². The van der Waals surface area contributed by atoms with Crippen molar-refractivity contribution in [2.75, 3.05) is 5.33 Å². The van der Waals surface area contributed by atoms with Gasteiger partial charge < -0.3 is 0 Å². The standard InChI is InChI=1S/C12H12BrF3O/c1-2-10-8(6-9(17)7-13)4-3-5-11(10)12(14,15)16/h3-5H,2,6-7H2,1H3. The van der Waals surface area contributed by atoms with E-state index in [0.29, 0.717) is 5.56 Å². The number of benzene rings is 1. The van der Waals surface area contributed by atoms with Crippen molar-refractivity contribution in [3.63, 3.8) is 0 Å². The van der Waals surface area contributed by atoms with Crippen molar-refractivity contribution in [3.05, 3.63) is 34.9 Å². The number of hydrogen-bond donors (Lipinski definition) is 0. The quantitative estimate of drug-likeness (QED) is 0.774. The minimum absolute atomic E-state index is 0.0400. The molecular formula is C12H12BrF3O. The Morgan fingerprint density at radius 1 is 1.35 bits per heavy atom. The lowest BCUT2D eigenvalue weighted by molar-refractivity contribution is -0.138. The first kappa shape index (κ1) is 14.2. The van der Waals surface area contributed by atoms with Crippen molar-refractivity contribution in [1.29, 1.82) is 0 Å². The fourth-order valence-electron chi connectivity index (χ4n) is 1.74. The van der Waals surface area contributed by atoms with Gasteiger partial charge in [-0.05, 0) is 23.6 Å². The summed E-state index contributed by atoms with van der Waals surface area (Å²) in [5, 5.41) is 0.159. The molecule has 0 aliphatic carbocycles. The van der Waals surface area contributed by atoms with Gasteiger partial charge in [-0.1, -0.05) is 35.0 Å². The normalized spacial score (nSPS) is 11.6. The molecule has 0 aliphatic heterocycles. The molecule has 0 aliphatic rings. The highest BCUT2D eigenvalue weighted by atomic mass is 79.9. The number of ketones is 1. The molecule has 1 aromatic rings. The van der Waals surface area contributed by atoms with Gasteiger partial charge in [0.25, 0.3) is 0 Å². The molecule has 0 saturated carbocycles. The summed E-state index contributed by atoms with van der Waals surface area (Å²) in [5.74, 6) is -0.126. The molecule has 0 atom stereocenters. The highest BCUT2D eigenvalue weighted by Crippen LogP contribution is 2.33. The summed E-state index contributed by atoms with van der Waals surface area (Å²) >= 11 is 3.00. The van der Waals surface area contributed by atoms with E-state index < -0.39 is 11.7 Å². The van der Waals surface area contributed by atoms with Crippen molar-refractivity contribution >= 4 is 21.7 Å². The predicted octanol–water partition coefficient (Wildman–Crippen LogP) is 3.77. The maximum atomic E-state index is 12.7. The lowest BCUT2D eigenvalue weighted by atomic mass is 9.95. The van der Waals surface area contributed by atoms with E-state index in [4.69, 9.17) is 0 Å². The largest absolute Gasteiger partial charge is 0.416 e. The lowest BCUT2D eigenvalue weighted by Crippen LogP contribution is -2.13. The Hall–Kier alpha value is -0.840. The van der Waals surface area contributed by atoms with Crippen LogP contribution in [0.3, 0.4) is 0 Å². The third kappa shape index (κ3) is 3.56. The molecule has 0 bridgehead atoms. The van der Waals surface area contributed by atoms with E-state index in [1.54, 1.807) is 13.0 Å². The van der Waals surface area contributed by atoms with Gasteiger partial charge in [0.05, 0.1) is 10.9 Å². The Balaban J connectivity index is 3.19. The smallest absolute Gasteiger partial charge is 0.298 e. The number of halogens is 4. The van der Waals surface area contributed by atoms with Crippen LogP contribution in [0.25, 0.3) is 0 Å². The summed E-state index contributed by atoms with van der Waals surface area (Å²) in [4.78, 5) is 11.3. The SMILES string of the molecule is CCc1c(CC(=O)CBr)cccc1C(F)(F)F. The van der Waals surface area contributed by atoms with Crippen LogP contribution in [0.1, 0.15) is 23.6 Å². The van der Waals surface area contributed by atoms with Crippen LogP contribution in [0.2, 0.25) is 0 Å². The molecule has 0 radical (unpaired) electrons. The first-order valence-electron chi connectivity index (χ1n) is 5.15. The van der Waals surface area contributed by atoms with Crippen LogP contribution in [0.15, 0.2) is 18.2 Å². The summed E-state index contributed by atoms with van der Waals surface area (Å²) in [7, 11) is 0. The number of carbonyl (C=O) groups is 1. The van der Waals surface area contributed by atoms with Crippen LogP contribution >= 0.6 is 15.9 Å². The predicted molar refractivity (Wildman–Crippen MR) is 63.3 cm³/mol. The minimum Gasteiger partial charge on any atom is -0.298 e. The molecule has 17 heavy (non-hydrogen) atoms.